The molecule has 1 aliphatic heterocycles. The Balaban J connectivity index is 1.74. The first kappa shape index (κ1) is 19.3. The summed E-state index contributed by atoms with van der Waals surface area (Å²) in [4.78, 5) is 25.7. The molecule has 3 atom stereocenters. The van der Waals surface area contributed by atoms with Crippen LogP contribution in [0.1, 0.15) is 37.4 Å². The number of rotatable bonds is 3. The number of aryl methyl sites for hydroxylation is 1. The molecule has 2 aromatic carbocycles. The van der Waals surface area contributed by atoms with Gasteiger partial charge >= 0.3 is 0 Å². The molecule has 9 nitrogen and oxygen atoms in total. The van der Waals surface area contributed by atoms with Gasteiger partial charge in [-0.2, -0.15) is 0 Å². The summed E-state index contributed by atoms with van der Waals surface area (Å²) in [7, 11) is 0. The molecule has 1 aliphatic carbocycles. The molecule has 2 aliphatic rings. The van der Waals surface area contributed by atoms with Gasteiger partial charge in [0.05, 0.1) is 24.3 Å². The second kappa shape index (κ2) is 6.53. The molecule has 0 radical (unpaired) electrons. The van der Waals surface area contributed by atoms with E-state index in [1.807, 2.05) is 0 Å². The van der Waals surface area contributed by atoms with Crippen molar-refractivity contribution in [3.8, 4) is 17.2 Å². The first-order valence-corrected chi connectivity index (χ1v) is 8.76. The fourth-order valence-corrected chi connectivity index (χ4v) is 3.57. The average Bonchev–Trinajstić information content (AvgIpc) is 2.94. The van der Waals surface area contributed by atoms with Crippen LogP contribution in [0.15, 0.2) is 24.3 Å². The molecule has 9 heteroatoms. The predicted molar refractivity (Wildman–Crippen MR) is 96.2 cm³/mol. The summed E-state index contributed by atoms with van der Waals surface area (Å²) < 4.78 is 10.6. The van der Waals surface area contributed by atoms with Crippen molar-refractivity contribution in [2.75, 3.05) is 13.2 Å². The zero-order valence-corrected chi connectivity index (χ0v) is 15.2. The average molecular weight is 402 g/mol. The van der Waals surface area contributed by atoms with Crippen LogP contribution in [0.2, 0.25) is 0 Å². The fourth-order valence-electron chi connectivity index (χ4n) is 3.57. The van der Waals surface area contributed by atoms with Gasteiger partial charge in [-0.3, -0.25) is 9.59 Å². The van der Waals surface area contributed by atoms with E-state index in [0.717, 1.165) is 6.07 Å². The van der Waals surface area contributed by atoms with Gasteiger partial charge in [0, 0.05) is 17.2 Å². The van der Waals surface area contributed by atoms with E-state index in [4.69, 9.17) is 9.47 Å². The molecule has 1 heterocycles. The minimum absolute atomic E-state index is 0.00311. The highest BCUT2D eigenvalue weighted by Crippen LogP contribution is 2.40. The van der Waals surface area contributed by atoms with Crippen LogP contribution >= 0.6 is 0 Å². The van der Waals surface area contributed by atoms with Gasteiger partial charge < -0.3 is 35.0 Å². The molecule has 0 bridgehead atoms. The van der Waals surface area contributed by atoms with Crippen LogP contribution < -0.4 is 4.74 Å². The number of aliphatic hydroxyl groups excluding tert-OH is 2. The van der Waals surface area contributed by atoms with Gasteiger partial charge in [0.25, 0.3) is 0 Å². The van der Waals surface area contributed by atoms with Crippen molar-refractivity contribution in [3.63, 3.8) is 0 Å². The summed E-state index contributed by atoms with van der Waals surface area (Å²) in [5, 5.41) is 49.8. The predicted octanol–water partition coefficient (Wildman–Crippen LogP) is 0.00102. The van der Waals surface area contributed by atoms with Gasteiger partial charge in [-0.1, -0.05) is 0 Å². The number of hydrogen-bond donors (Lipinski definition) is 5. The lowest BCUT2D eigenvalue weighted by Crippen LogP contribution is -2.48. The molecule has 0 saturated carbocycles. The molecule has 0 spiro atoms. The van der Waals surface area contributed by atoms with Crippen LogP contribution in [0.4, 0.5) is 0 Å². The summed E-state index contributed by atoms with van der Waals surface area (Å²) in [6.45, 7) is 0.525. The van der Waals surface area contributed by atoms with Gasteiger partial charge in [0.2, 0.25) is 12.1 Å². The van der Waals surface area contributed by atoms with Gasteiger partial charge in [-0.25, -0.2) is 0 Å². The molecular weight excluding hydrogens is 384 g/mol. The number of fused-ring (bicyclic) bond motifs is 2. The Morgan fingerprint density at radius 2 is 1.69 bits per heavy atom. The van der Waals surface area contributed by atoms with Gasteiger partial charge in [-0.15, -0.1) is 0 Å². The SMILES string of the molecule is Cc1cc(O)c2c(c1)C(=O)c1cc(O[C@@H]3OC[C@](O)(CO)[C@H]3O)cc(O)c1C2=O. The summed E-state index contributed by atoms with van der Waals surface area (Å²) in [6.07, 6.45) is -2.94. The first-order valence-electron chi connectivity index (χ1n) is 8.76. The van der Waals surface area contributed by atoms with Crippen molar-refractivity contribution in [2.24, 2.45) is 0 Å². The normalized spacial score (nSPS) is 25.7. The van der Waals surface area contributed by atoms with Crippen LogP contribution in [0.5, 0.6) is 17.2 Å². The fraction of sp³-hybridized carbons (Fsp3) is 0.300. The molecule has 152 valence electrons. The second-order valence-electron chi connectivity index (χ2n) is 7.23. The zero-order chi connectivity index (χ0) is 21.1. The third-order valence-electron chi connectivity index (χ3n) is 5.13. The van der Waals surface area contributed by atoms with Crippen molar-refractivity contribution < 1.29 is 44.6 Å². The van der Waals surface area contributed by atoms with Crippen molar-refractivity contribution in [1.29, 1.82) is 0 Å². The van der Waals surface area contributed by atoms with Crippen LogP contribution in [0, 0.1) is 6.92 Å². The molecule has 29 heavy (non-hydrogen) atoms. The summed E-state index contributed by atoms with van der Waals surface area (Å²) in [6, 6.07) is 5.09. The minimum Gasteiger partial charge on any atom is -0.507 e. The molecule has 0 amide bonds. The number of aliphatic hydroxyl groups is 3. The van der Waals surface area contributed by atoms with Gasteiger partial charge in [-0.05, 0) is 30.7 Å². The number of carbonyl (C=O) groups excluding carboxylic acids is 2. The number of aromatic hydroxyl groups is 2. The molecule has 0 unspecified atom stereocenters. The van der Waals surface area contributed by atoms with Crippen molar-refractivity contribution in [2.45, 2.75) is 24.9 Å². The van der Waals surface area contributed by atoms with Crippen LogP contribution in [-0.4, -0.2) is 68.3 Å². The van der Waals surface area contributed by atoms with Gasteiger partial charge in [0.1, 0.15) is 29.0 Å². The number of carbonyl (C=O) groups is 2. The lowest BCUT2D eigenvalue weighted by Gasteiger charge is -2.24. The maximum Gasteiger partial charge on any atom is 0.229 e. The topological polar surface area (TPSA) is 154 Å². The van der Waals surface area contributed by atoms with E-state index >= 15 is 0 Å². The van der Waals surface area contributed by atoms with E-state index in [0.29, 0.717) is 5.56 Å². The quantitative estimate of drug-likeness (QED) is 0.407. The molecule has 4 rings (SSSR count). The van der Waals surface area contributed by atoms with Crippen LogP contribution in [0.3, 0.4) is 0 Å². The maximum absolute atomic E-state index is 12.9. The van der Waals surface area contributed by atoms with E-state index in [9.17, 15) is 35.1 Å². The van der Waals surface area contributed by atoms with E-state index < -0.39 is 41.9 Å². The number of ether oxygens (including phenoxy) is 2. The molecule has 1 fully saturated rings. The number of phenols is 2. The largest absolute Gasteiger partial charge is 0.507 e. The van der Waals surface area contributed by atoms with Crippen molar-refractivity contribution >= 4 is 11.6 Å². The summed E-state index contributed by atoms with van der Waals surface area (Å²) in [5.74, 6) is -2.29. The van der Waals surface area contributed by atoms with E-state index in [2.05, 4.69) is 0 Å². The van der Waals surface area contributed by atoms with Crippen LogP contribution in [-0.2, 0) is 4.74 Å². The highest BCUT2D eigenvalue weighted by atomic mass is 16.7. The minimum atomic E-state index is -1.90. The monoisotopic (exact) mass is 402 g/mol. The zero-order valence-electron chi connectivity index (χ0n) is 15.2. The van der Waals surface area contributed by atoms with Gasteiger partial charge in [0.15, 0.2) is 5.78 Å². The highest BCUT2D eigenvalue weighted by molar-refractivity contribution is 6.30. The Labute approximate surface area is 164 Å². The Morgan fingerprint density at radius 3 is 2.31 bits per heavy atom. The number of phenolic OH excluding ortho intramolecular Hbond substituents is 2. The smallest absolute Gasteiger partial charge is 0.229 e. The van der Waals surface area contributed by atoms with Crippen molar-refractivity contribution in [1.82, 2.24) is 0 Å². The number of hydrogen-bond acceptors (Lipinski definition) is 9. The van der Waals surface area contributed by atoms with E-state index in [1.165, 1.54) is 18.2 Å². The highest BCUT2D eigenvalue weighted by Gasteiger charge is 2.49. The Morgan fingerprint density at radius 1 is 1.07 bits per heavy atom. The maximum atomic E-state index is 12.9. The second-order valence-corrected chi connectivity index (χ2v) is 7.23. The number of ketones is 2. The Hall–Kier alpha value is -2.98. The molecule has 5 N–H and O–H groups in total. The third-order valence-corrected chi connectivity index (χ3v) is 5.13. The molecular formula is C20H18O9. The lowest BCUT2D eigenvalue weighted by molar-refractivity contribution is -0.115. The summed E-state index contributed by atoms with van der Waals surface area (Å²) >= 11 is 0. The Kier molecular flexibility index (Phi) is 4.35. The Bertz CT molecular complexity index is 1040. The molecule has 0 aromatic heterocycles. The standard InChI is InChI=1S/C20H18O9/c1-8-2-10-14(12(22)3-8)17(25)15-11(16(10)24)4-9(5-13(15)23)29-19-18(26)20(27,6-21)7-28-19/h2-5,18-19,21-23,26-27H,6-7H2,1H3/t18-,19-,20+/m0/s1. The van der Waals surface area contributed by atoms with Crippen molar-refractivity contribution in [3.05, 3.63) is 52.1 Å². The summed E-state index contributed by atoms with van der Waals surface area (Å²) in [5.41, 5.74) is -1.90. The number of benzene rings is 2. The van der Waals surface area contributed by atoms with E-state index in [1.54, 1.807) is 6.92 Å². The third kappa shape index (κ3) is 2.87. The first-order chi connectivity index (χ1) is 13.7. The van der Waals surface area contributed by atoms with Crippen LogP contribution in [0.25, 0.3) is 0 Å². The molecule has 2 aromatic rings. The van der Waals surface area contributed by atoms with E-state index in [-0.39, 0.29) is 40.4 Å². The lowest BCUT2D eigenvalue weighted by atomic mass is 9.82. The molecule has 1 saturated heterocycles.